The number of aliphatic hydroxyl groups is 2. The fourth-order valence-electron chi connectivity index (χ4n) is 8.69. The van der Waals surface area contributed by atoms with Crippen LogP contribution in [-0.2, 0) is 16.2 Å². The first-order chi connectivity index (χ1) is 16.0. The molecule has 3 aliphatic carbocycles. The second-order valence-corrected chi connectivity index (χ2v) is 11.0. The van der Waals surface area contributed by atoms with E-state index in [0.29, 0.717) is 18.3 Å². The lowest BCUT2D eigenvalue weighted by atomic mass is 9.39. The van der Waals surface area contributed by atoms with Gasteiger partial charge >= 0.3 is 0 Å². The monoisotopic (exact) mass is 448 g/mol. The summed E-state index contributed by atoms with van der Waals surface area (Å²) in [7, 11) is 0. The summed E-state index contributed by atoms with van der Waals surface area (Å²) in [4.78, 5) is 7.79. The van der Waals surface area contributed by atoms with Gasteiger partial charge in [-0.25, -0.2) is 0 Å². The third-order valence-electron chi connectivity index (χ3n) is 9.85. The van der Waals surface area contributed by atoms with E-state index in [1.54, 1.807) is 0 Å². The average molecular weight is 449 g/mol. The van der Waals surface area contributed by atoms with E-state index in [1.165, 1.54) is 11.1 Å². The van der Waals surface area contributed by atoms with Crippen molar-refractivity contribution in [1.29, 1.82) is 0 Å². The van der Waals surface area contributed by atoms with Gasteiger partial charge in [-0.2, -0.15) is 0 Å². The first-order valence-electron chi connectivity index (χ1n) is 12.5. The number of aliphatic hydroxyl groups excluding tert-OH is 1. The van der Waals surface area contributed by atoms with Crippen molar-refractivity contribution in [2.24, 2.45) is 22.4 Å². The number of rotatable bonds is 6. The van der Waals surface area contributed by atoms with E-state index in [-0.39, 0.29) is 23.5 Å². The zero-order valence-corrected chi connectivity index (χ0v) is 19.1. The molecule has 1 aromatic carbocycles. The number of fused-ring (bicyclic) bond motifs is 1. The lowest BCUT2D eigenvalue weighted by molar-refractivity contribution is -0.290. The molecule has 5 unspecified atom stereocenters. The third-order valence-corrected chi connectivity index (χ3v) is 9.85. The van der Waals surface area contributed by atoms with Crippen molar-refractivity contribution in [2.75, 3.05) is 6.54 Å². The predicted molar refractivity (Wildman–Crippen MR) is 123 cm³/mol. The van der Waals surface area contributed by atoms with Gasteiger partial charge in [-0.1, -0.05) is 41.1 Å². The van der Waals surface area contributed by atoms with E-state index in [2.05, 4.69) is 17.0 Å². The van der Waals surface area contributed by atoms with Crippen LogP contribution in [0.25, 0.3) is 0 Å². The highest BCUT2D eigenvalue weighted by Gasteiger charge is 2.87. The highest BCUT2D eigenvalue weighted by atomic mass is 16.6. The van der Waals surface area contributed by atoms with Crippen molar-refractivity contribution in [3.8, 4) is 0 Å². The zero-order valence-electron chi connectivity index (χ0n) is 19.1. The van der Waals surface area contributed by atoms with Crippen molar-refractivity contribution in [2.45, 2.75) is 75.5 Å². The topological polar surface area (TPSA) is 74.5 Å². The molecule has 7 fully saturated rings. The second-order valence-electron chi connectivity index (χ2n) is 11.0. The van der Waals surface area contributed by atoms with Gasteiger partial charge in [-0.05, 0) is 68.6 Å². The van der Waals surface area contributed by atoms with Crippen molar-refractivity contribution in [3.63, 3.8) is 0 Å². The minimum absolute atomic E-state index is 0.0355. The number of oxime groups is 1. The molecule has 0 radical (unpaired) electrons. The van der Waals surface area contributed by atoms with Crippen molar-refractivity contribution >= 4 is 6.21 Å². The SMILES string of the molecule is CC1=C2C[C@H]3N4CC[C@]56C2C4(O[C@H]5C(CCC=NOCc2ccccc2)CCC36O)C(O)=C1. The molecular weight excluding hydrogens is 416 g/mol. The molecular formula is C27H32N2O4. The molecule has 6 nitrogen and oxygen atoms in total. The van der Waals surface area contributed by atoms with Crippen LogP contribution in [0.4, 0.5) is 0 Å². The van der Waals surface area contributed by atoms with Crippen LogP contribution in [0.2, 0.25) is 0 Å². The molecule has 8 aliphatic rings. The van der Waals surface area contributed by atoms with Crippen LogP contribution in [0, 0.1) is 17.3 Å². The number of benzene rings is 1. The summed E-state index contributed by atoms with van der Waals surface area (Å²) in [6.45, 7) is 3.48. The van der Waals surface area contributed by atoms with E-state index in [0.717, 1.165) is 50.6 Å². The van der Waals surface area contributed by atoms with Crippen LogP contribution >= 0.6 is 0 Å². The smallest absolute Gasteiger partial charge is 0.187 e. The van der Waals surface area contributed by atoms with Gasteiger partial charge in [0.2, 0.25) is 0 Å². The van der Waals surface area contributed by atoms with Gasteiger partial charge in [-0.15, -0.1) is 0 Å². The van der Waals surface area contributed by atoms with Gasteiger partial charge in [-0.3, -0.25) is 4.90 Å². The van der Waals surface area contributed by atoms with Crippen molar-refractivity contribution < 1.29 is 19.8 Å². The number of hydrogen-bond acceptors (Lipinski definition) is 6. The second kappa shape index (κ2) is 6.71. The Kier molecular flexibility index (Phi) is 4.12. The fraction of sp³-hybridized carbons (Fsp3) is 0.593. The Morgan fingerprint density at radius 2 is 2.12 bits per heavy atom. The van der Waals surface area contributed by atoms with Crippen LogP contribution < -0.4 is 0 Å². The molecule has 1 spiro atoms. The summed E-state index contributed by atoms with van der Waals surface area (Å²) < 4.78 is 6.94. The molecule has 6 heteroatoms. The number of nitrogens with zero attached hydrogens (tertiary/aromatic N) is 2. The number of allylic oxidation sites excluding steroid dienone is 2. The third kappa shape index (κ3) is 2.28. The minimum Gasteiger partial charge on any atom is -0.508 e. The largest absolute Gasteiger partial charge is 0.508 e. The van der Waals surface area contributed by atoms with E-state index >= 15 is 0 Å². The molecule has 2 saturated carbocycles. The van der Waals surface area contributed by atoms with E-state index in [1.807, 2.05) is 42.6 Å². The molecule has 5 saturated heterocycles. The summed E-state index contributed by atoms with van der Waals surface area (Å²) in [5.74, 6) is 0.775. The molecule has 8 atom stereocenters. The Morgan fingerprint density at radius 1 is 1.27 bits per heavy atom. The molecule has 2 N–H and O–H groups in total. The lowest BCUT2D eigenvalue weighted by Gasteiger charge is -2.73. The zero-order chi connectivity index (χ0) is 22.4. The van der Waals surface area contributed by atoms with Crippen LogP contribution in [0.5, 0.6) is 0 Å². The molecule has 33 heavy (non-hydrogen) atoms. The maximum atomic E-state index is 12.2. The maximum absolute atomic E-state index is 12.2. The lowest BCUT2D eigenvalue weighted by Crippen LogP contribution is -2.84. The van der Waals surface area contributed by atoms with Crippen LogP contribution in [0.15, 0.2) is 58.5 Å². The summed E-state index contributed by atoms with van der Waals surface area (Å²) in [6, 6.07) is 10.1. The summed E-state index contributed by atoms with van der Waals surface area (Å²) in [6.07, 6.45) is 9.17. The Bertz CT molecular complexity index is 1080. The first-order valence-corrected chi connectivity index (χ1v) is 12.5. The van der Waals surface area contributed by atoms with Gasteiger partial charge in [0.25, 0.3) is 0 Å². The summed E-state index contributed by atoms with van der Waals surface area (Å²) in [5, 5.41) is 27.5. The quantitative estimate of drug-likeness (QED) is 0.507. The number of ether oxygens (including phenoxy) is 1. The normalized spacial score (nSPS) is 46.2. The van der Waals surface area contributed by atoms with E-state index in [9.17, 15) is 10.2 Å². The minimum atomic E-state index is -0.748. The summed E-state index contributed by atoms with van der Waals surface area (Å²) in [5.41, 5.74) is 1.95. The van der Waals surface area contributed by atoms with Gasteiger partial charge < -0.3 is 19.8 Å². The van der Waals surface area contributed by atoms with Crippen LogP contribution in [0.1, 0.15) is 51.0 Å². The molecule has 1 aromatic rings. The molecule has 9 rings (SSSR count). The predicted octanol–water partition coefficient (Wildman–Crippen LogP) is 4.07. The van der Waals surface area contributed by atoms with Crippen LogP contribution in [-0.4, -0.2) is 51.3 Å². The molecule has 174 valence electrons. The average Bonchev–Trinajstić information content (AvgIpc) is 3.03. The van der Waals surface area contributed by atoms with Gasteiger partial charge in [0.15, 0.2) is 5.72 Å². The standard InChI is InChI=1S/C27H32N2O4/c1-17-14-22(30)27-23-20(17)15-21-26(31)10-9-19(24(33-27)25(23,26)11-13-29(21)27)8-5-12-28-32-16-18-6-3-2-4-7-18/h2-4,6-7,12,14,19,21,23-24,30-31H,5,8-11,13,15-16H2,1H3/t19?,21-,23?,24+,25+,26?,27?/m1/s1. The van der Waals surface area contributed by atoms with E-state index in [4.69, 9.17) is 9.57 Å². The highest BCUT2D eigenvalue weighted by molar-refractivity contribution is 5.56. The molecule has 5 aliphatic heterocycles. The number of piperidine rings is 4. The Morgan fingerprint density at radius 3 is 2.97 bits per heavy atom. The Hall–Kier alpha value is -2.15. The summed E-state index contributed by atoms with van der Waals surface area (Å²) >= 11 is 0. The van der Waals surface area contributed by atoms with Crippen LogP contribution in [0.3, 0.4) is 0 Å². The fourth-order valence-corrected chi connectivity index (χ4v) is 8.69. The van der Waals surface area contributed by atoms with E-state index < -0.39 is 11.3 Å². The highest BCUT2D eigenvalue weighted by Crippen LogP contribution is 2.78. The van der Waals surface area contributed by atoms with Gasteiger partial charge in [0.05, 0.1) is 11.7 Å². The van der Waals surface area contributed by atoms with Gasteiger partial charge in [0.1, 0.15) is 12.4 Å². The number of hydrogen-bond donors (Lipinski definition) is 2. The maximum Gasteiger partial charge on any atom is 0.187 e. The first kappa shape index (κ1) is 20.2. The Balaban J connectivity index is 1.12. The Labute approximate surface area is 194 Å². The molecule has 0 aromatic heterocycles. The molecule has 6 bridgehead atoms. The molecule has 0 amide bonds. The molecule has 5 heterocycles. The van der Waals surface area contributed by atoms with Crippen molar-refractivity contribution in [1.82, 2.24) is 4.90 Å². The van der Waals surface area contributed by atoms with Gasteiger partial charge in [0, 0.05) is 30.1 Å². The van der Waals surface area contributed by atoms with Crippen molar-refractivity contribution in [3.05, 3.63) is 58.9 Å².